The summed E-state index contributed by atoms with van der Waals surface area (Å²) in [7, 11) is 1.97. The molecular weight excluding hydrogens is 269 g/mol. The van der Waals surface area contributed by atoms with Crippen molar-refractivity contribution >= 4 is 15.9 Å². The summed E-state index contributed by atoms with van der Waals surface area (Å²) < 4.78 is 13.6. The number of rotatable bonds is 5. The standard InChI is InChI=1S/C13H19BrFN/c1-9(10(2)8-16-3)6-11-4-5-13(15)12(14)7-11/h4-5,7,9-10,16H,6,8H2,1-3H3. The summed E-state index contributed by atoms with van der Waals surface area (Å²) >= 11 is 3.22. The van der Waals surface area contributed by atoms with Gasteiger partial charge >= 0.3 is 0 Å². The summed E-state index contributed by atoms with van der Waals surface area (Å²) in [5, 5.41) is 3.19. The van der Waals surface area contributed by atoms with Crippen molar-refractivity contribution in [2.24, 2.45) is 11.8 Å². The lowest BCUT2D eigenvalue weighted by Crippen LogP contribution is -2.23. The number of nitrogens with one attached hydrogen (secondary N) is 1. The Hall–Kier alpha value is -0.410. The molecule has 0 fully saturated rings. The van der Waals surface area contributed by atoms with Crippen LogP contribution in [0.4, 0.5) is 4.39 Å². The Kier molecular flexibility index (Phi) is 5.42. The Balaban J connectivity index is 2.62. The van der Waals surface area contributed by atoms with Gasteiger partial charge in [0.15, 0.2) is 0 Å². The van der Waals surface area contributed by atoms with Crippen LogP contribution in [0.5, 0.6) is 0 Å². The third-order valence-electron chi connectivity index (χ3n) is 3.04. The van der Waals surface area contributed by atoms with Crippen LogP contribution in [0.25, 0.3) is 0 Å². The highest BCUT2D eigenvalue weighted by molar-refractivity contribution is 9.10. The van der Waals surface area contributed by atoms with E-state index in [1.807, 2.05) is 19.2 Å². The Morgan fingerprint density at radius 1 is 1.31 bits per heavy atom. The highest BCUT2D eigenvalue weighted by Crippen LogP contribution is 2.21. The second-order valence-corrected chi connectivity index (χ2v) is 5.32. The Labute approximate surface area is 106 Å². The molecule has 1 N–H and O–H groups in total. The topological polar surface area (TPSA) is 12.0 Å². The fourth-order valence-electron chi connectivity index (χ4n) is 1.76. The van der Waals surface area contributed by atoms with E-state index in [2.05, 4.69) is 35.1 Å². The average molecular weight is 288 g/mol. The van der Waals surface area contributed by atoms with Crippen molar-refractivity contribution in [3.63, 3.8) is 0 Å². The van der Waals surface area contributed by atoms with Gasteiger partial charge in [0.2, 0.25) is 0 Å². The van der Waals surface area contributed by atoms with E-state index < -0.39 is 0 Å². The quantitative estimate of drug-likeness (QED) is 0.872. The van der Waals surface area contributed by atoms with Gasteiger partial charge < -0.3 is 5.32 Å². The minimum absolute atomic E-state index is 0.195. The molecule has 1 aromatic rings. The van der Waals surface area contributed by atoms with Crippen molar-refractivity contribution in [2.45, 2.75) is 20.3 Å². The summed E-state index contributed by atoms with van der Waals surface area (Å²) in [6, 6.07) is 5.26. The third-order valence-corrected chi connectivity index (χ3v) is 3.65. The maximum absolute atomic E-state index is 13.1. The monoisotopic (exact) mass is 287 g/mol. The molecule has 0 bridgehead atoms. The van der Waals surface area contributed by atoms with Gasteiger partial charge in [-0.15, -0.1) is 0 Å². The molecule has 0 radical (unpaired) electrons. The Morgan fingerprint density at radius 2 is 2.00 bits per heavy atom. The molecule has 0 amide bonds. The fourth-order valence-corrected chi connectivity index (χ4v) is 2.19. The molecule has 0 saturated carbocycles. The second-order valence-electron chi connectivity index (χ2n) is 4.46. The van der Waals surface area contributed by atoms with Crippen LogP contribution in [0.1, 0.15) is 19.4 Å². The van der Waals surface area contributed by atoms with Crippen molar-refractivity contribution in [1.29, 1.82) is 0 Å². The number of hydrogen-bond donors (Lipinski definition) is 1. The second kappa shape index (κ2) is 6.36. The van der Waals surface area contributed by atoms with Crippen molar-refractivity contribution < 1.29 is 4.39 Å². The van der Waals surface area contributed by atoms with E-state index in [0.717, 1.165) is 13.0 Å². The van der Waals surface area contributed by atoms with Crippen molar-refractivity contribution in [3.8, 4) is 0 Å². The highest BCUT2D eigenvalue weighted by Gasteiger charge is 2.12. The summed E-state index contributed by atoms with van der Waals surface area (Å²) in [5.74, 6) is 1.01. The van der Waals surface area contributed by atoms with E-state index in [9.17, 15) is 4.39 Å². The van der Waals surface area contributed by atoms with Crippen LogP contribution < -0.4 is 5.32 Å². The van der Waals surface area contributed by atoms with Gasteiger partial charge in [0.1, 0.15) is 5.82 Å². The van der Waals surface area contributed by atoms with Gasteiger partial charge in [-0.3, -0.25) is 0 Å². The van der Waals surface area contributed by atoms with Gasteiger partial charge in [0.05, 0.1) is 4.47 Å². The molecule has 16 heavy (non-hydrogen) atoms. The lowest BCUT2D eigenvalue weighted by molar-refractivity contribution is 0.374. The molecule has 0 aliphatic carbocycles. The van der Waals surface area contributed by atoms with Gasteiger partial charge in [0.25, 0.3) is 0 Å². The zero-order valence-corrected chi connectivity index (χ0v) is 11.6. The Morgan fingerprint density at radius 3 is 2.56 bits per heavy atom. The molecule has 0 heterocycles. The first-order chi connectivity index (χ1) is 7.54. The molecule has 2 unspecified atom stereocenters. The predicted octanol–water partition coefficient (Wildman–Crippen LogP) is 3.62. The summed E-state index contributed by atoms with van der Waals surface area (Å²) in [4.78, 5) is 0. The largest absolute Gasteiger partial charge is 0.319 e. The molecule has 0 saturated heterocycles. The number of hydrogen-bond acceptors (Lipinski definition) is 1. The maximum atomic E-state index is 13.1. The fraction of sp³-hybridized carbons (Fsp3) is 0.538. The molecule has 0 aromatic heterocycles. The maximum Gasteiger partial charge on any atom is 0.137 e. The number of halogens is 2. The van der Waals surface area contributed by atoms with Gasteiger partial charge in [-0.25, -0.2) is 4.39 Å². The molecule has 3 heteroatoms. The molecule has 1 aromatic carbocycles. The van der Waals surface area contributed by atoms with E-state index in [1.54, 1.807) is 0 Å². The van der Waals surface area contributed by atoms with E-state index in [-0.39, 0.29) is 5.82 Å². The molecule has 2 atom stereocenters. The van der Waals surface area contributed by atoms with E-state index in [0.29, 0.717) is 16.3 Å². The van der Waals surface area contributed by atoms with Crippen molar-refractivity contribution in [2.75, 3.05) is 13.6 Å². The SMILES string of the molecule is CNCC(C)C(C)Cc1ccc(F)c(Br)c1. The molecule has 0 aliphatic rings. The zero-order valence-electron chi connectivity index (χ0n) is 10.1. The van der Waals surface area contributed by atoms with Crippen LogP contribution in [0.2, 0.25) is 0 Å². The first-order valence-electron chi connectivity index (χ1n) is 5.63. The lowest BCUT2D eigenvalue weighted by atomic mass is 9.89. The van der Waals surface area contributed by atoms with Crippen LogP contribution in [0.15, 0.2) is 22.7 Å². The van der Waals surface area contributed by atoms with Crippen molar-refractivity contribution in [1.82, 2.24) is 5.32 Å². The van der Waals surface area contributed by atoms with Crippen LogP contribution in [0.3, 0.4) is 0 Å². The predicted molar refractivity (Wildman–Crippen MR) is 70.1 cm³/mol. The summed E-state index contributed by atoms with van der Waals surface area (Å²) in [6.07, 6.45) is 0.988. The molecule has 0 spiro atoms. The van der Waals surface area contributed by atoms with Crippen LogP contribution in [0, 0.1) is 17.7 Å². The third kappa shape index (κ3) is 3.87. The minimum Gasteiger partial charge on any atom is -0.319 e. The van der Waals surface area contributed by atoms with Gasteiger partial charge in [0, 0.05) is 0 Å². The normalized spacial score (nSPS) is 14.8. The van der Waals surface area contributed by atoms with Gasteiger partial charge in [-0.1, -0.05) is 19.9 Å². The molecule has 1 nitrogen and oxygen atoms in total. The minimum atomic E-state index is -0.195. The van der Waals surface area contributed by atoms with E-state index in [1.165, 1.54) is 11.6 Å². The average Bonchev–Trinajstić information content (AvgIpc) is 2.24. The molecule has 90 valence electrons. The van der Waals surface area contributed by atoms with Gasteiger partial charge in [-0.05, 0) is 65.5 Å². The highest BCUT2D eigenvalue weighted by atomic mass is 79.9. The Bertz CT molecular complexity index is 341. The smallest absolute Gasteiger partial charge is 0.137 e. The van der Waals surface area contributed by atoms with Crippen LogP contribution in [-0.4, -0.2) is 13.6 Å². The van der Waals surface area contributed by atoms with Crippen molar-refractivity contribution in [3.05, 3.63) is 34.1 Å². The van der Waals surface area contributed by atoms with E-state index >= 15 is 0 Å². The molecule has 1 rings (SSSR count). The lowest BCUT2D eigenvalue weighted by Gasteiger charge is -2.19. The number of benzene rings is 1. The first kappa shape index (κ1) is 13.7. The van der Waals surface area contributed by atoms with E-state index in [4.69, 9.17) is 0 Å². The summed E-state index contributed by atoms with van der Waals surface area (Å²) in [6.45, 7) is 5.49. The van der Waals surface area contributed by atoms with Crippen LogP contribution in [-0.2, 0) is 6.42 Å². The zero-order chi connectivity index (χ0) is 12.1. The first-order valence-corrected chi connectivity index (χ1v) is 6.42. The molecule has 0 aliphatic heterocycles. The summed E-state index contributed by atoms with van der Waals surface area (Å²) in [5.41, 5.74) is 1.18. The van der Waals surface area contributed by atoms with Gasteiger partial charge in [-0.2, -0.15) is 0 Å². The van der Waals surface area contributed by atoms with Crippen LogP contribution >= 0.6 is 15.9 Å². The molecular formula is C13H19BrFN.